The lowest BCUT2D eigenvalue weighted by molar-refractivity contribution is 0.170. The molecule has 0 spiro atoms. The molecule has 0 saturated heterocycles. The summed E-state index contributed by atoms with van der Waals surface area (Å²) >= 11 is 0. The number of hydrogen-bond acceptors (Lipinski definition) is 4. The highest BCUT2D eigenvalue weighted by Crippen LogP contribution is 2.24. The summed E-state index contributed by atoms with van der Waals surface area (Å²) in [4.78, 5) is 25.7. The maximum atomic E-state index is 11.5. The lowest BCUT2D eigenvalue weighted by atomic mass is 10.1. The molecule has 0 radical (unpaired) electrons. The van der Waals surface area contributed by atoms with Gasteiger partial charge in [-0.1, -0.05) is 6.92 Å². The largest absolute Gasteiger partial charge is 0.414 e. The van der Waals surface area contributed by atoms with Crippen molar-refractivity contribution in [1.29, 1.82) is 0 Å². The molecule has 0 aliphatic carbocycles. The van der Waals surface area contributed by atoms with E-state index in [1.54, 1.807) is 40.3 Å². The van der Waals surface area contributed by atoms with Crippen molar-refractivity contribution in [3.8, 4) is 11.5 Å². The number of carbonyl (C=O) groups is 2. The van der Waals surface area contributed by atoms with Gasteiger partial charge in [0.1, 0.15) is 11.5 Å². The fourth-order valence-corrected chi connectivity index (χ4v) is 1.34. The minimum absolute atomic E-state index is 0.351. The van der Waals surface area contributed by atoms with Crippen molar-refractivity contribution in [2.24, 2.45) is 0 Å². The Hall–Kier alpha value is -2.24. The Bertz CT molecular complexity index is 458. The number of aryl methyl sites for hydroxylation is 1. The Kier molecular flexibility index (Phi) is 5.37. The number of carbonyl (C=O) groups excluding carboxylic acids is 2. The Morgan fingerprint density at radius 1 is 0.900 bits per heavy atom. The first kappa shape index (κ1) is 15.8. The molecule has 6 nitrogen and oxygen atoms in total. The van der Waals surface area contributed by atoms with Gasteiger partial charge < -0.3 is 19.3 Å². The molecule has 20 heavy (non-hydrogen) atoms. The highest BCUT2D eigenvalue weighted by molar-refractivity contribution is 5.72. The van der Waals surface area contributed by atoms with Crippen molar-refractivity contribution in [2.75, 3.05) is 28.2 Å². The van der Waals surface area contributed by atoms with Crippen molar-refractivity contribution in [2.45, 2.75) is 13.3 Å². The third kappa shape index (κ3) is 4.46. The topological polar surface area (TPSA) is 59.1 Å². The Labute approximate surface area is 118 Å². The molecule has 0 aliphatic heterocycles. The predicted molar refractivity (Wildman–Crippen MR) is 75.2 cm³/mol. The first-order valence-electron chi connectivity index (χ1n) is 6.25. The van der Waals surface area contributed by atoms with Gasteiger partial charge in [0.25, 0.3) is 0 Å². The number of hydrogen-bond donors (Lipinski definition) is 0. The van der Waals surface area contributed by atoms with E-state index in [1.807, 2.05) is 6.92 Å². The summed E-state index contributed by atoms with van der Waals surface area (Å²) < 4.78 is 10.4. The molecular formula is C14H20N2O4. The van der Waals surface area contributed by atoms with Crippen molar-refractivity contribution < 1.29 is 19.1 Å². The number of amides is 2. The van der Waals surface area contributed by atoms with Gasteiger partial charge in [-0.25, -0.2) is 9.59 Å². The van der Waals surface area contributed by atoms with Gasteiger partial charge in [0, 0.05) is 34.3 Å². The summed E-state index contributed by atoms with van der Waals surface area (Å²) in [6.07, 6.45) is -0.230. The van der Waals surface area contributed by atoms with Crippen LogP contribution in [0.5, 0.6) is 11.5 Å². The molecular weight excluding hydrogens is 260 g/mol. The van der Waals surface area contributed by atoms with Crippen LogP contribution in [0.1, 0.15) is 12.5 Å². The average molecular weight is 280 g/mol. The van der Waals surface area contributed by atoms with Gasteiger partial charge in [0.2, 0.25) is 0 Å². The van der Waals surface area contributed by atoms with Crippen LogP contribution in [0.3, 0.4) is 0 Å². The van der Waals surface area contributed by atoms with Crippen molar-refractivity contribution in [3.63, 3.8) is 0 Å². The van der Waals surface area contributed by atoms with Gasteiger partial charge in [0.05, 0.1) is 0 Å². The Morgan fingerprint density at radius 2 is 1.30 bits per heavy atom. The molecule has 1 rings (SSSR count). The molecule has 0 heterocycles. The molecule has 1 aromatic rings. The van der Waals surface area contributed by atoms with Gasteiger partial charge in [-0.15, -0.1) is 0 Å². The Balaban J connectivity index is 2.96. The molecule has 0 aliphatic rings. The van der Waals surface area contributed by atoms with E-state index in [4.69, 9.17) is 9.47 Å². The minimum atomic E-state index is -0.483. The zero-order chi connectivity index (χ0) is 15.3. The van der Waals surface area contributed by atoms with Gasteiger partial charge in [-0.2, -0.15) is 0 Å². The van der Waals surface area contributed by atoms with Crippen LogP contribution in [0.4, 0.5) is 9.59 Å². The molecule has 0 N–H and O–H groups in total. The number of nitrogens with zero attached hydrogens (tertiary/aromatic N) is 2. The third-order valence-electron chi connectivity index (χ3n) is 2.49. The van der Waals surface area contributed by atoms with E-state index in [-0.39, 0.29) is 0 Å². The smallest absolute Gasteiger partial charge is 0.410 e. The molecule has 0 aromatic heterocycles. The van der Waals surface area contributed by atoms with E-state index < -0.39 is 12.2 Å². The molecule has 1 aromatic carbocycles. The van der Waals surface area contributed by atoms with Gasteiger partial charge in [0.15, 0.2) is 0 Å². The summed E-state index contributed by atoms with van der Waals surface area (Å²) in [6, 6.07) is 5.00. The van der Waals surface area contributed by atoms with Crippen LogP contribution in [0.25, 0.3) is 0 Å². The molecule has 0 atom stereocenters. The first-order valence-corrected chi connectivity index (χ1v) is 6.25. The van der Waals surface area contributed by atoms with Crippen LogP contribution < -0.4 is 9.47 Å². The van der Waals surface area contributed by atoms with Crippen molar-refractivity contribution >= 4 is 12.2 Å². The third-order valence-corrected chi connectivity index (χ3v) is 2.49. The minimum Gasteiger partial charge on any atom is -0.410 e. The standard InChI is InChI=1S/C14H20N2O4/c1-6-10-7-11(19-13(17)15(2)3)9-12(8-10)20-14(18)16(4)5/h7-9H,6H2,1-5H3. The number of rotatable bonds is 3. The highest BCUT2D eigenvalue weighted by atomic mass is 16.6. The molecule has 110 valence electrons. The second-order valence-corrected chi connectivity index (χ2v) is 4.69. The van der Waals surface area contributed by atoms with Crippen LogP contribution >= 0.6 is 0 Å². The Morgan fingerprint density at radius 3 is 1.60 bits per heavy atom. The summed E-state index contributed by atoms with van der Waals surface area (Å²) in [6.45, 7) is 1.96. The normalized spacial score (nSPS) is 9.85. The summed E-state index contributed by atoms with van der Waals surface area (Å²) in [7, 11) is 6.38. The quantitative estimate of drug-likeness (QED) is 0.853. The highest BCUT2D eigenvalue weighted by Gasteiger charge is 2.12. The molecule has 0 saturated carbocycles. The summed E-state index contributed by atoms with van der Waals surface area (Å²) in [5.41, 5.74) is 0.913. The maximum absolute atomic E-state index is 11.5. The maximum Gasteiger partial charge on any atom is 0.414 e. The van der Waals surface area contributed by atoms with Crippen molar-refractivity contribution in [1.82, 2.24) is 9.80 Å². The fourth-order valence-electron chi connectivity index (χ4n) is 1.34. The zero-order valence-electron chi connectivity index (χ0n) is 12.5. The van der Waals surface area contributed by atoms with E-state index in [0.717, 1.165) is 12.0 Å². The average Bonchev–Trinajstić information content (AvgIpc) is 2.37. The van der Waals surface area contributed by atoms with Crippen LogP contribution in [0, 0.1) is 0 Å². The first-order chi connectivity index (χ1) is 9.33. The van der Waals surface area contributed by atoms with Crippen LogP contribution in [0.2, 0.25) is 0 Å². The van der Waals surface area contributed by atoms with Gasteiger partial charge in [-0.05, 0) is 24.1 Å². The van der Waals surface area contributed by atoms with Crippen LogP contribution in [-0.2, 0) is 6.42 Å². The lowest BCUT2D eigenvalue weighted by Gasteiger charge is -2.14. The van der Waals surface area contributed by atoms with Gasteiger partial charge >= 0.3 is 12.2 Å². The second kappa shape index (κ2) is 6.79. The molecule has 6 heteroatoms. The molecule has 0 unspecified atom stereocenters. The summed E-state index contributed by atoms with van der Waals surface area (Å²) in [5.74, 6) is 0.703. The number of ether oxygens (including phenoxy) is 2. The molecule has 2 amide bonds. The number of benzene rings is 1. The summed E-state index contributed by atoms with van der Waals surface area (Å²) in [5, 5.41) is 0. The lowest BCUT2D eigenvalue weighted by Crippen LogP contribution is -2.26. The van der Waals surface area contributed by atoms with E-state index in [9.17, 15) is 9.59 Å². The zero-order valence-corrected chi connectivity index (χ0v) is 12.5. The van der Waals surface area contributed by atoms with Crippen LogP contribution in [0.15, 0.2) is 18.2 Å². The predicted octanol–water partition coefficient (Wildman–Crippen LogP) is 2.37. The van der Waals surface area contributed by atoms with E-state index in [2.05, 4.69) is 0 Å². The SMILES string of the molecule is CCc1cc(OC(=O)N(C)C)cc(OC(=O)N(C)C)c1. The molecule has 0 bridgehead atoms. The fraction of sp³-hybridized carbons (Fsp3) is 0.429. The monoisotopic (exact) mass is 280 g/mol. The van der Waals surface area contributed by atoms with E-state index in [0.29, 0.717) is 11.5 Å². The van der Waals surface area contributed by atoms with Crippen molar-refractivity contribution in [3.05, 3.63) is 23.8 Å². The molecule has 0 fully saturated rings. The van der Waals surface area contributed by atoms with E-state index in [1.165, 1.54) is 15.9 Å². The van der Waals surface area contributed by atoms with E-state index >= 15 is 0 Å². The van der Waals surface area contributed by atoms with Crippen LogP contribution in [-0.4, -0.2) is 50.2 Å². The second-order valence-electron chi connectivity index (χ2n) is 4.69. The van der Waals surface area contributed by atoms with Gasteiger partial charge in [-0.3, -0.25) is 0 Å².